The van der Waals surface area contributed by atoms with E-state index in [-0.39, 0.29) is 11.9 Å². The molecule has 0 aliphatic carbocycles. The summed E-state index contributed by atoms with van der Waals surface area (Å²) >= 11 is 6.02. The molecule has 1 atom stereocenters. The highest BCUT2D eigenvalue weighted by molar-refractivity contribution is 6.30. The fourth-order valence-electron chi connectivity index (χ4n) is 3.15. The molecule has 0 aromatic heterocycles. The minimum Gasteiger partial charge on any atom is -0.372 e. The van der Waals surface area contributed by atoms with Crippen LogP contribution in [0.15, 0.2) is 48.5 Å². The molecule has 0 spiro atoms. The molecule has 4 nitrogen and oxygen atoms in total. The number of quaternary nitrogens is 1. The predicted molar refractivity (Wildman–Crippen MR) is 103 cm³/mol. The quantitative estimate of drug-likeness (QED) is 0.833. The van der Waals surface area contributed by atoms with Crippen LogP contribution < -0.4 is 15.5 Å². The maximum atomic E-state index is 12.2. The van der Waals surface area contributed by atoms with E-state index in [0.717, 1.165) is 29.4 Å². The topological polar surface area (TPSA) is 49.0 Å². The standard InChI is InChI=1S/C20H24ClN3O/c1-15(16-5-4-6-17(21)13-16)22-14-20(25)23-18-7-9-19(10-8-18)24-11-2-3-12-24/h4-10,13,15,22H,2-3,11-12,14H2,1H3,(H,23,25)/p+1/t15-/m1/s1. The molecule has 1 saturated heterocycles. The Labute approximate surface area is 154 Å². The predicted octanol–water partition coefficient (Wildman–Crippen LogP) is 3.20. The number of nitrogens with two attached hydrogens (primary N) is 1. The van der Waals surface area contributed by atoms with E-state index in [1.165, 1.54) is 18.5 Å². The molecular formula is C20H25ClN3O+. The van der Waals surface area contributed by atoms with Crippen molar-refractivity contribution in [1.29, 1.82) is 0 Å². The summed E-state index contributed by atoms with van der Waals surface area (Å²) < 4.78 is 0. The Hall–Kier alpha value is -2.04. The van der Waals surface area contributed by atoms with Crippen molar-refractivity contribution in [2.24, 2.45) is 0 Å². The lowest BCUT2D eigenvalue weighted by molar-refractivity contribution is -0.682. The second-order valence-corrected chi connectivity index (χ2v) is 7.01. The number of carbonyl (C=O) groups excluding carboxylic acids is 1. The van der Waals surface area contributed by atoms with Crippen LogP contribution in [0.5, 0.6) is 0 Å². The van der Waals surface area contributed by atoms with Gasteiger partial charge in [0.25, 0.3) is 5.91 Å². The van der Waals surface area contributed by atoms with Gasteiger partial charge in [0.05, 0.1) is 0 Å². The molecule has 1 aliphatic heterocycles. The van der Waals surface area contributed by atoms with E-state index in [4.69, 9.17) is 11.6 Å². The first-order valence-electron chi connectivity index (χ1n) is 8.85. The molecule has 132 valence electrons. The molecule has 1 amide bonds. The molecule has 2 aromatic rings. The number of benzene rings is 2. The Morgan fingerprint density at radius 2 is 1.92 bits per heavy atom. The van der Waals surface area contributed by atoms with Gasteiger partial charge in [-0.1, -0.05) is 23.7 Å². The van der Waals surface area contributed by atoms with Gasteiger partial charge in [-0.25, -0.2) is 0 Å². The van der Waals surface area contributed by atoms with Gasteiger partial charge in [-0.3, -0.25) is 4.79 Å². The molecular weight excluding hydrogens is 334 g/mol. The van der Waals surface area contributed by atoms with Gasteiger partial charge < -0.3 is 15.5 Å². The Morgan fingerprint density at radius 3 is 2.60 bits per heavy atom. The third kappa shape index (κ3) is 4.97. The average molecular weight is 359 g/mol. The van der Waals surface area contributed by atoms with Crippen molar-refractivity contribution >= 4 is 28.9 Å². The van der Waals surface area contributed by atoms with Gasteiger partial charge >= 0.3 is 0 Å². The smallest absolute Gasteiger partial charge is 0.279 e. The number of nitrogens with zero attached hydrogens (tertiary/aromatic N) is 1. The fraction of sp³-hybridized carbons (Fsp3) is 0.350. The van der Waals surface area contributed by atoms with Crippen LogP contribution in [0.3, 0.4) is 0 Å². The van der Waals surface area contributed by atoms with E-state index in [1.807, 2.05) is 41.7 Å². The van der Waals surface area contributed by atoms with E-state index >= 15 is 0 Å². The van der Waals surface area contributed by atoms with Crippen LogP contribution in [0.1, 0.15) is 31.4 Å². The molecule has 3 rings (SSSR count). The van der Waals surface area contributed by atoms with Crippen LogP contribution >= 0.6 is 11.6 Å². The second kappa shape index (κ2) is 8.37. The molecule has 0 bridgehead atoms. The number of hydrogen-bond donors (Lipinski definition) is 2. The lowest BCUT2D eigenvalue weighted by Crippen LogP contribution is -2.86. The van der Waals surface area contributed by atoms with Gasteiger partial charge in [-0.2, -0.15) is 0 Å². The maximum Gasteiger partial charge on any atom is 0.279 e. The van der Waals surface area contributed by atoms with Gasteiger partial charge in [0.15, 0.2) is 6.54 Å². The summed E-state index contributed by atoms with van der Waals surface area (Å²) in [5, 5.41) is 5.70. The van der Waals surface area contributed by atoms with Gasteiger partial charge in [0.2, 0.25) is 0 Å². The van der Waals surface area contributed by atoms with Crippen molar-refractivity contribution in [1.82, 2.24) is 0 Å². The van der Waals surface area contributed by atoms with Gasteiger partial charge in [0, 0.05) is 35.1 Å². The minimum absolute atomic E-state index is 0.00259. The first-order chi connectivity index (χ1) is 12.1. The molecule has 0 saturated carbocycles. The number of nitrogens with one attached hydrogen (secondary N) is 1. The zero-order valence-electron chi connectivity index (χ0n) is 14.5. The average Bonchev–Trinajstić information content (AvgIpc) is 3.15. The second-order valence-electron chi connectivity index (χ2n) is 6.57. The van der Waals surface area contributed by atoms with Gasteiger partial charge in [0.1, 0.15) is 6.04 Å². The summed E-state index contributed by atoms with van der Waals surface area (Å²) in [6.45, 7) is 4.70. The third-order valence-corrected chi connectivity index (χ3v) is 4.89. The molecule has 2 aromatic carbocycles. The highest BCUT2D eigenvalue weighted by atomic mass is 35.5. The van der Waals surface area contributed by atoms with Crippen LogP contribution in [0.25, 0.3) is 0 Å². The lowest BCUT2D eigenvalue weighted by Gasteiger charge is -2.17. The number of amides is 1. The Bertz CT molecular complexity index is 711. The lowest BCUT2D eigenvalue weighted by atomic mass is 10.1. The van der Waals surface area contributed by atoms with Gasteiger partial charge in [-0.15, -0.1) is 0 Å². The molecule has 3 N–H and O–H groups in total. The Kier molecular flexibility index (Phi) is 5.95. The highest BCUT2D eigenvalue weighted by Crippen LogP contribution is 2.22. The zero-order valence-corrected chi connectivity index (χ0v) is 15.3. The van der Waals surface area contributed by atoms with E-state index in [2.05, 4.69) is 29.3 Å². The van der Waals surface area contributed by atoms with Crippen molar-refractivity contribution in [2.45, 2.75) is 25.8 Å². The van der Waals surface area contributed by atoms with E-state index in [1.54, 1.807) is 0 Å². The fourth-order valence-corrected chi connectivity index (χ4v) is 3.35. The first kappa shape index (κ1) is 17.8. The van der Waals surface area contributed by atoms with E-state index in [0.29, 0.717) is 6.54 Å². The van der Waals surface area contributed by atoms with Crippen molar-refractivity contribution in [3.05, 3.63) is 59.1 Å². The van der Waals surface area contributed by atoms with Crippen LogP contribution in [-0.4, -0.2) is 25.5 Å². The third-order valence-electron chi connectivity index (χ3n) is 4.65. The largest absolute Gasteiger partial charge is 0.372 e. The summed E-state index contributed by atoms with van der Waals surface area (Å²) in [4.78, 5) is 14.6. The highest BCUT2D eigenvalue weighted by Gasteiger charge is 2.14. The van der Waals surface area contributed by atoms with Crippen molar-refractivity contribution in [2.75, 3.05) is 29.9 Å². The monoisotopic (exact) mass is 358 g/mol. The molecule has 0 radical (unpaired) electrons. The Balaban J connectivity index is 1.48. The summed E-state index contributed by atoms with van der Waals surface area (Å²) in [7, 11) is 0. The molecule has 1 fully saturated rings. The summed E-state index contributed by atoms with van der Waals surface area (Å²) in [6, 6.07) is 16.1. The van der Waals surface area contributed by atoms with Crippen LogP contribution in [0.4, 0.5) is 11.4 Å². The van der Waals surface area contributed by atoms with Crippen LogP contribution in [0.2, 0.25) is 5.02 Å². The van der Waals surface area contributed by atoms with E-state index in [9.17, 15) is 4.79 Å². The summed E-state index contributed by atoms with van der Waals surface area (Å²) in [5.74, 6) is 0.00259. The summed E-state index contributed by atoms with van der Waals surface area (Å²) in [5.41, 5.74) is 3.20. The SMILES string of the molecule is C[C@@H]([NH2+]CC(=O)Nc1ccc(N2CCCC2)cc1)c1cccc(Cl)c1. The van der Waals surface area contributed by atoms with E-state index < -0.39 is 0 Å². The zero-order chi connectivity index (χ0) is 17.6. The summed E-state index contributed by atoms with van der Waals surface area (Å²) in [6.07, 6.45) is 2.53. The van der Waals surface area contributed by atoms with Crippen molar-refractivity contribution in [3.63, 3.8) is 0 Å². The number of anilines is 2. The Morgan fingerprint density at radius 1 is 1.20 bits per heavy atom. The number of hydrogen-bond acceptors (Lipinski definition) is 2. The number of carbonyl (C=O) groups is 1. The number of rotatable bonds is 6. The molecule has 25 heavy (non-hydrogen) atoms. The normalized spacial score (nSPS) is 15.2. The van der Waals surface area contributed by atoms with Crippen molar-refractivity contribution < 1.29 is 10.1 Å². The maximum absolute atomic E-state index is 12.2. The molecule has 1 aliphatic rings. The molecule has 5 heteroatoms. The van der Waals surface area contributed by atoms with Gasteiger partial charge in [-0.05, 0) is 56.2 Å². The number of halogens is 1. The minimum atomic E-state index is 0.00259. The molecule has 1 heterocycles. The van der Waals surface area contributed by atoms with Crippen LogP contribution in [-0.2, 0) is 4.79 Å². The first-order valence-corrected chi connectivity index (χ1v) is 9.23. The molecule has 0 unspecified atom stereocenters. The van der Waals surface area contributed by atoms with Crippen molar-refractivity contribution in [3.8, 4) is 0 Å². The van der Waals surface area contributed by atoms with Crippen LogP contribution in [0, 0.1) is 0 Å².